The molecule has 2 aliphatic rings. The molecule has 0 radical (unpaired) electrons. The summed E-state index contributed by atoms with van der Waals surface area (Å²) in [4.78, 5) is 54.2. The first kappa shape index (κ1) is 22.5. The zero-order valence-electron chi connectivity index (χ0n) is 18.7. The van der Waals surface area contributed by atoms with E-state index in [1.165, 1.54) is 0 Å². The maximum absolute atomic E-state index is 13.2. The number of rotatable bonds is 6. The molecule has 5 amide bonds. The molecule has 33 heavy (non-hydrogen) atoms. The molecular weight excluding hydrogens is 420 g/mol. The van der Waals surface area contributed by atoms with Crippen molar-refractivity contribution in [2.24, 2.45) is 5.92 Å². The van der Waals surface area contributed by atoms with Crippen LogP contribution < -0.4 is 5.32 Å². The lowest BCUT2D eigenvalue weighted by Gasteiger charge is -2.25. The molecule has 2 aromatic carbocycles. The molecule has 1 unspecified atom stereocenters. The second kappa shape index (κ2) is 9.85. The standard InChI is InChI=1S/C25H28N4O4/c1-2-27-11-12-28(23(31)17-29-22(30)15-26-25(29)33)16-21(24(27)32)14-18-7-6-10-20(13-18)19-8-4-3-5-9-19/h3-10,13,21H,2,11-12,14-17H2,1H3,(H,26,33). The van der Waals surface area contributed by atoms with Crippen LogP contribution >= 0.6 is 0 Å². The van der Waals surface area contributed by atoms with Crippen molar-refractivity contribution in [2.75, 3.05) is 39.3 Å². The monoisotopic (exact) mass is 448 g/mol. The molecule has 0 aromatic heterocycles. The summed E-state index contributed by atoms with van der Waals surface area (Å²) in [6.45, 7) is 3.16. The van der Waals surface area contributed by atoms with Crippen molar-refractivity contribution in [3.8, 4) is 11.1 Å². The highest BCUT2D eigenvalue weighted by Gasteiger charge is 2.35. The van der Waals surface area contributed by atoms with E-state index in [2.05, 4.69) is 11.4 Å². The van der Waals surface area contributed by atoms with Gasteiger partial charge in [-0.25, -0.2) is 4.79 Å². The molecule has 2 heterocycles. The third-order valence-corrected chi connectivity index (χ3v) is 6.22. The van der Waals surface area contributed by atoms with Crippen molar-refractivity contribution in [1.29, 1.82) is 0 Å². The maximum Gasteiger partial charge on any atom is 0.325 e. The van der Waals surface area contributed by atoms with Gasteiger partial charge in [0.15, 0.2) is 0 Å². The molecule has 1 N–H and O–H groups in total. The molecule has 2 aromatic rings. The number of likely N-dealkylation sites (N-methyl/N-ethyl adjacent to an activating group) is 1. The number of imide groups is 1. The SMILES string of the molecule is CCN1CCN(C(=O)CN2C(=O)CNC2=O)CC(Cc2cccc(-c3ccccc3)c2)C1=O. The van der Waals surface area contributed by atoms with Crippen LogP contribution in [0.25, 0.3) is 11.1 Å². The van der Waals surface area contributed by atoms with Gasteiger partial charge in [0.2, 0.25) is 11.8 Å². The summed E-state index contributed by atoms with van der Waals surface area (Å²) in [5, 5.41) is 2.43. The van der Waals surface area contributed by atoms with Crippen LogP contribution in [0.1, 0.15) is 12.5 Å². The first-order chi connectivity index (χ1) is 16.0. The molecule has 1 atom stereocenters. The van der Waals surface area contributed by atoms with E-state index in [1.54, 1.807) is 9.80 Å². The van der Waals surface area contributed by atoms with Gasteiger partial charge in [-0.3, -0.25) is 19.3 Å². The first-order valence-corrected chi connectivity index (χ1v) is 11.3. The zero-order valence-corrected chi connectivity index (χ0v) is 18.7. The molecule has 172 valence electrons. The Bertz CT molecular complexity index is 1040. The van der Waals surface area contributed by atoms with E-state index in [9.17, 15) is 19.2 Å². The Hall–Kier alpha value is -3.68. The fourth-order valence-corrected chi connectivity index (χ4v) is 4.38. The van der Waals surface area contributed by atoms with Gasteiger partial charge in [-0.1, -0.05) is 54.6 Å². The number of carbonyl (C=O) groups excluding carboxylic acids is 4. The summed E-state index contributed by atoms with van der Waals surface area (Å²) >= 11 is 0. The molecule has 8 heteroatoms. The minimum absolute atomic E-state index is 0.0212. The van der Waals surface area contributed by atoms with Crippen LogP contribution in [0.4, 0.5) is 4.79 Å². The lowest BCUT2D eigenvalue weighted by Crippen LogP contribution is -2.45. The molecule has 0 spiro atoms. The van der Waals surface area contributed by atoms with E-state index >= 15 is 0 Å². The number of benzene rings is 2. The van der Waals surface area contributed by atoms with E-state index < -0.39 is 17.9 Å². The minimum atomic E-state index is -0.552. The van der Waals surface area contributed by atoms with Gasteiger partial charge in [-0.15, -0.1) is 0 Å². The summed E-state index contributed by atoms with van der Waals surface area (Å²) < 4.78 is 0. The fraction of sp³-hybridized carbons (Fsp3) is 0.360. The van der Waals surface area contributed by atoms with E-state index in [4.69, 9.17) is 0 Å². The highest BCUT2D eigenvalue weighted by molar-refractivity contribution is 6.04. The van der Waals surface area contributed by atoms with Crippen LogP contribution in [0.3, 0.4) is 0 Å². The van der Waals surface area contributed by atoms with Gasteiger partial charge in [-0.05, 0) is 30.0 Å². The maximum atomic E-state index is 13.2. The quantitative estimate of drug-likeness (QED) is 0.682. The number of amides is 5. The Labute approximate surface area is 193 Å². The van der Waals surface area contributed by atoms with Crippen LogP contribution in [-0.2, 0) is 20.8 Å². The summed E-state index contributed by atoms with van der Waals surface area (Å²) in [5.74, 6) is -1.11. The molecule has 2 aliphatic heterocycles. The van der Waals surface area contributed by atoms with Gasteiger partial charge in [0.1, 0.15) is 6.54 Å². The average Bonchev–Trinajstić information content (AvgIpc) is 3.05. The molecule has 2 fully saturated rings. The Morgan fingerprint density at radius 3 is 2.45 bits per heavy atom. The van der Waals surface area contributed by atoms with Crippen molar-refractivity contribution >= 4 is 23.8 Å². The Balaban J connectivity index is 1.52. The Kier molecular flexibility index (Phi) is 6.72. The Morgan fingerprint density at radius 1 is 1.00 bits per heavy atom. The van der Waals surface area contributed by atoms with Crippen molar-refractivity contribution < 1.29 is 19.2 Å². The van der Waals surface area contributed by atoms with Gasteiger partial charge >= 0.3 is 6.03 Å². The second-order valence-corrected chi connectivity index (χ2v) is 8.36. The smallest absolute Gasteiger partial charge is 0.325 e. The number of nitrogens with zero attached hydrogens (tertiary/aromatic N) is 3. The minimum Gasteiger partial charge on any atom is -0.341 e. The van der Waals surface area contributed by atoms with Crippen LogP contribution in [0.15, 0.2) is 54.6 Å². The zero-order chi connectivity index (χ0) is 23.4. The summed E-state index contributed by atoms with van der Waals surface area (Å²) in [6.07, 6.45) is 0.503. The molecule has 4 rings (SSSR count). The van der Waals surface area contributed by atoms with Gasteiger partial charge < -0.3 is 15.1 Å². The molecule has 2 saturated heterocycles. The van der Waals surface area contributed by atoms with Crippen molar-refractivity contribution in [1.82, 2.24) is 20.0 Å². The van der Waals surface area contributed by atoms with Crippen LogP contribution in [0.2, 0.25) is 0 Å². The highest BCUT2D eigenvalue weighted by Crippen LogP contribution is 2.23. The number of hydrogen-bond donors (Lipinski definition) is 1. The summed E-state index contributed by atoms with van der Waals surface area (Å²) in [7, 11) is 0. The van der Waals surface area contributed by atoms with Gasteiger partial charge in [0, 0.05) is 26.2 Å². The number of hydrogen-bond acceptors (Lipinski definition) is 4. The predicted molar refractivity (Wildman–Crippen MR) is 123 cm³/mol. The van der Waals surface area contributed by atoms with Crippen LogP contribution in [-0.4, -0.2) is 77.7 Å². The topological polar surface area (TPSA) is 90.0 Å². The molecule has 8 nitrogen and oxygen atoms in total. The molecule has 0 bridgehead atoms. The summed E-state index contributed by atoms with van der Waals surface area (Å²) in [6, 6.07) is 17.6. The number of nitrogens with one attached hydrogen (secondary N) is 1. The van der Waals surface area contributed by atoms with Crippen LogP contribution in [0, 0.1) is 5.92 Å². The van der Waals surface area contributed by atoms with Gasteiger partial charge in [0.25, 0.3) is 5.91 Å². The van der Waals surface area contributed by atoms with Gasteiger partial charge in [0.05, 0.1) is 12.5 Å². The molecule has 0 saturated carbocycles. The molecular formula is C25H28N4O4. The Morgan fingerprint density at radius 2 is 1.76 bits per heavy atom. The summed E-state index contributed by atoms with van der Waals surface area (Å²) in [5.41, 5.74) is 3.20. The van der Waals surface area contributed by atoms with E-state index in [0.717, 1.165) is 21.6 Å². The van der Waals surface area contributed by atoms with E-state index in [-0.39, 0.29) is 31.4 Å². The lowest BCUT2D eigenvalue weighted by atomic mass is 9.94. The normalized spacial score (nSPS) is 19.0. The van der Waals surface area contributed by atoms with Crippen molar-refractivity contribution in [2.45, 2.75) is 13.3 Å². The third kappa shape index (κ3) is 5.05. The van der Waals surface area contributed by atoms with Crippen molar-refractivity contribution in [3.05, 3.63) is 60.2 Å². The molecule has 0 aliphatic carbocycles. The number of carbonyl (C=O) groups is 4. The predicted octanol–water partition coefficient (Wildman–Crippen LogP) is 1.75. The second-order valence-electron chi connectivity index (χ2n) is 8.36. The van der Waals surface area contributed by atoms with Gasteiger partial charge in [-0.2, -0.15) is 0 Å². The highest BCUT2D eigenvalue weighted by atomic mass is 16.2. The lowest BCUT2D eigenvalue weighted by molar-refractivity contribution is -0.137. The fourth-order valence-electron chi connectivity index (χ4n) is 4.38. The van der Waals surface area contributed by atoms with E-state index in [1.807, 2.05) is 55.5 Å². The average molecular weight is 449 g/mol. The van der Waals surface area contributed by atoms with Crippen molar-refractivity contribution in [3.63, 3.8) is 0 Å². The third-order valence-electron chi connectivity index (χ3n) is 6.22. The number of urea groups is 1. The van der Waals surface area contributed by atoms with Crippen LogP contribution in [0.5, 0.6) is 0 Å². The largest absolute Gasteiger partial charge is 0.341 e. The first-order valence-electron chi connectivity index (χ1n) is 11.3. The van der Waals surface area contributed by atoms with E-state index in [0.29, 0.717) is 26.1 Å².